The lowest BCUT2D eigenvalue weighted by molar-refractivity contribution is -0.129. The number of carboxylic acid groups (broad SMARTS) is 1. The first kappa shape index (κ1) is 27.4. The van der Waals surface area contributed by atoms with Crippen LogP contribution in [0.3, 0.4) is 0 Å². The summed E-state index contributed by atoms with van der Waals surface area (Å²) in [4.78, 5) is 40.5. The van der Waals surface area contributed by atoms with Crippen molar-refractivity contribution in [2.45, 2.75) is 39.3 Å². The zero-order valence-corrected chi connectivity index (χ0v) is 25.2. The Morgan fingerprint density at radius 1 is 1.07 bits per heavy atom. The summed E-state index contributed by atoms with van der Waals surface area (Å²) < 4.78 is 3.98. The van der Waals surface area contributed by atoms with Gasteiger partial charge in [-0.25, -0.2) is 14.8 Å². The minimum atomic E-state index is -1.02. The van der Waals surface area contributed by atoms with Crippen molar-refractivity contribution in [1.82, 2.24) is 39.4 Å². The lowest BCUT2D eigenvalue weighted by atomic mass is 9.58. The van der Waals surface area contributed by atoms with E-state index in [1.807, 2.05) is 33.7 Å². The van der Waals surface area contributed by atoms with Gasteiger partial charge in [0.25, 0.3) is 0 Å². The quantitative estimate of drug-likeness (QED) is 0.307. The minimum absolute atomic E-state index is 0.0869. The van der Waals surface area contributed by atoms with Gasteiger partial charge in [0.2, 0.25) is 11.9 Å². The summed E-state index contributed by atoms with van der Waals surface area (Å²) in [5, 5.41) is 20.7. The van der Waals surface area contributed by atoms with Gasteiger partial charge in [0.05, 0.1) is 23.1 Å². The topological polar surface area (TPSA) is 135 Å². The number of anilines is 1. The molecule has 0 bridgehead atoms. The van der Waals surface area contributed by atoms with E-state index in [2.05, 4.69) is 50.4 Å². The molecule has 0 atom stereocenters. The van der Waals surface area contributed by atoms with E-state index in [9.17, 15) is 9.59 Å². The molecule has 4 aromatic heterocycles. The lowest BCUT2D eigenvalue weighted by Gasteiger charge is -2.59. The maximum atomic E-state index is 12.1. The van der Waals surface area contributed by atoms with Gasteiger partial charge in [-0.2, -0.15) is 10.2 Å². The SMILES string of the molecule is CC(=O)N1CCc2c(c(-c3cccc4cc(-c5cnn(CC6CC7(C6)CN(c6ncc(C(=O)O)cn6)C7)c5)ncc34)nn2C)C1. The summed E-state index contributed by atoms with van der Waals surface area (Å²) in [6, 6.07) is 8.37. The second kappa shape index (κ2) is 10.2. The predicted molar refractivity (Wildman–Crippen MR) is 166 cm³/mol. The molecule has 8 rings (SSSR count). The fraction of sp³-hybridized carbons (Fsp3) is 0.364. The van der Waals surface area contributed by atoms with Crippen molar-refractivity contribution in [1.29, 1.82) is 0 Å². The second-order valence-electron chi connectivity index (χ2n) is 12.8. The number of pyridine rings is 1. The number of carbonyl (C=O) groups excluding carboxylic acids is 1. The number of carboxylic acids is 1. The first-order valence-electron chi connectivity index (χ1n) is 15.3. The normalized spacial score (nSPS) is 17.3. The third-order valence-electron chi connectivity index (χ3n) is 9.75. The number of carbonyl (C=O) groups is 2. The van der Waals surface area contributed by atoms with Crippen LogP contribution in [0.5, 0.6) is 0 Å². The molecule has 2 aliphatic heterocycles. The van der Waals surface area contributed by atoms with Crippen molar-refractivity contribution < 1.29 is 14.7 Å². The molecule has 1 amide bonds. The molecule has 1 saturated carbocycles. The minimum Gasteiger partial charge on any atom is -0.478 e. The van der Waals surface area contributed by atoms with Crippen molar-refractivity contribution in [3.05, 3.63) is 72.1 Å². The molecule has 0 radical (unpaired) electrons. The molecule has 5 aromatic rings. The van der Waals surface area contributed by atoms with Crippen LogP contribution < -0.4 is 4.90 Å². The zero-order valence-electron chi connectivity index (χ0n) is 25.2. The number of aromatic carboxylic acids is 1. The zero-order chi connectivity index (χ0) is 30.9. The Bertz CT molecular complexity index is 1970. The van der Waals surface area contributed by atoms with Crippen molar-refractivity contribution in [3.63, 3.8) is 0 Å². The Labute approximate surface area is 259 Å². The number of benzene rings is 1. The molecule has 228 valence electrons. The number of aryl methyl sites for hydroxylation is 1. The number of hydrogen-bond donors (Lipinski definition) is 1. The van der Waals surface area contributed by atoms with Gasteiger partial charge in [0.1, 0.15) is 0 Å². The third-order valence-corrected chi connectivity index (χ3v) is 9.75. The maximum absolute atomic E-state index is 12.1. The summed E-state index contributed by atoms with van der Waals surface area (Å²) >= 11 is 0. The maximum Gasteiger partial charge on any atom is 0.338 e. The monoisotopic (exact) mass is 603 g/mol. The van der Waals surface area contributed by atoms with Crippen LogP contribution >= 0.6 is 0 Å². The average Bonchev–Trinajstić information content (AvgIpc) is 3.61. The van der Waals surface area contributed by atoms with Crippen LogP contribution in [-0.2, 0) is 31.4 Å². The Balaban J connectivity index is 0.943. The first-order valence-corrected chi connectivity index (χ1v) is 15.3. The molecule has 45 heavy (non-hydrogen) atoms. The van der Waals surface area contributed by atoms with E-state index in [-0.39, 0.29) is 11.5 Å². The molecule has 12 nitrogen and oxygen atoms in total. The summed E-state index contributed by atoms with van der Waals surface area (Å²) in [7, 11) is 1.98. The number of rotatable bonds is 6. The molecule has 0 unspecified atom stereocenters. The highest BCUT2D eigenvalue weighted by molar-refractivity contribution is 5.97. The van der Waals surface area contributed by atoms with Crippen LogP contribution in [0.2, 0.25) is 0 Å². The highest BCUT2D eigenvalue weighted by Gasteiger charge is 2.53. The molecule has 1 saturated heterocycles. The molecular weight excluding hydrogens is 570 g/mol. The molecule has 12 heteroatoms. The summed E-state index contributed by atoms with van der Waals surface area (Å²) in [5.41, 5.74) is 6.52. The smallest absolute Gasteiger partial charge is 0.338 e. The van der Waals surface area contributed by atoms with E-state index in [0.29, 0.717) is 23.8 Å². The van der Waals surface area contributed by atoms with Crippen LogP contribution in [-0.4, -0.2) is 76.0 Å². The standard InChI is InChI=1S/C33H33N9O3/c1-20(43)40-7-6-29-27(17-40)30(38-39(29)2)25-5-3-4-22-8-28(34-14-26(22)25)24-13-37-42(16-24)15-21-9-33(10-21)18-41(19-33)32-35-11-23(12-36-32)31(44)45/h3-5,8,11-14,16,21H,6-7,9-10,15,17-19H2,1-2H3,(H,44,45). The molecule has 1 aromatic carbocycles. The van der Waals surface area contributed by atoms with Crippen LogP contribution in [0, 0.1) is 11.3 Å². The van der Waals surface area contributed by atoms with E-state index in [1.54, 1.807) is 6.92 Å². The Kier molecular flexibility index (Phi) is 6.23. The molecule has 3 aliphatic rings. The Morgan fingerprint density at radius 2 is 1.87 bits per heavy atom. The molecule has 6 heterocycles. The van der Waals surface area contributed by atoms with Crippen molar-refractivity contribution >= 4 is 28.6 Å². The number of fused-ring (bicyclic) bond motifs is 2. The van der Waals surface area contributed by atoms with Gasteiger partial charge in [-0.3, -0.25) is 19.1 Å². The van der Waals surface area contributed by atoms with Gasteiger partial charge in [0.15, 0.2) is 0 Å². The molecule has 1 spiro atoms. The van der Waals surface area contributed by atoms with Gasteiger partial charge in [-0.15, -0.1) is 0 Å². The van der Waals surface area contributed by atoms with Gasteiger partial charge < -0.3 is 14.9 Å². The van der Waals surface area contributed by atoms with E-state index in [1.165, 1.54) is 18.1 Å². The van der Waals surface area contributed by atoms with Crippen LogP contribution in [0.15, 0.2) is 55.2 Å². The lowest BCUT2D eigenvalue weighted by Crippen LogP contribution is -2.63. The first-order chi connectivity index (χ1) is 21.7. The molecular formula is C33H33N9O3. The fourth-order valence-corrected chi connectivity index (χ4v) is 7.53. The van der Waals surface area contributed by atoms with Crippen LogP contribution in [0.1, 0.15) is 41.4 Å². The van der Waals surface area contributed by atoms with Gasteiger partial charge in [0, 0.05) is 111 Å². The van der Waals surface area contributed by atoms with Crippen molar-refractivity contribution in [2.24, 2.45) is 18.4 Å². The number of aromatic nitrogens is 7. The van der Waals surface area contributed by atoms with Gasteiger partial charge >= 0.3 is 5.97 Å². The van der Waals surface area contributed by atoms with Crippen LogP contribution in [0.4, 0.5) is 5.95 Å². The average molecular weight is 604 g/mol. The Morgan fingerprint density at radius 3 is 2.62 bits per heavy atom. The summed E-state index contributed by atoms with van der Waals surface area (Å²) in [5.74, 6) is 0.229. The van der Waals surface area contributed by atoms with Crippen LogP contribution in [0.25, 0.3) is 33.3 Å². The van der Waals surface area contributed by atoms with Crippen molar-refractivity contribution in [2.75, 3.05) is 24.5 Å². The summed E-state index contributed by atoms with van der Waals surface area (Å²) in [6.07, 6.45) is 11.7. The van der Waals surface area contributed by atoms with E-state index in [4.69, 9.17) is 15.2 Å². The summed E-state index contributed by atoms with van der Waals surface area (Å²) in [6.45, 7) is 5.59. The Hall–Kier alpha value is -5.13. The number of nitrogens with zero attached hydrogens (tertiary/aromatic N) is 9. The second-order valence-corrected chi connectivity index (χ2v) is 12.8. The highest BCUT2D eigenvalue weighted by Crippen LogP contribution is 2.53. The highest BCUT2D eigenvalue weighted by atomic mass is 16.4. The predicted octanol–water partition coefficient (Wildman–Crippen LogP) is 3.81. The van der Waals surface area contributed by atoms with Crippen molar-refractivity contribution in [3.8, 4) is 22.5 Å². The largest absolute Gasteiger partial charge is 0.478 e. The van der Waals surface area contributed by atoms with E-state index < -0.39 is 5.97 Å². The van der Waals surface area contributed by atoms with Gasteiger partial charge in [-0.05, 0) is 30.2 Å². The fourth-order valence-electron chi connectivity index (χ4n) is 7.53. The van der Waals surface area contributed by atoms with Gasteiger partial charge in [-0.1, -0.05) is 18.2 Å². The number of amides is 1. The molecule has 2 fully saturated rings. The molecule has 1 N–H and O–H groups in total. The third kappa shape index (κ3) is 4.71. The number of hydrogen-bond acceptors (Lipinski definition) is 8. The molecule has 1 aliphatic carbocycles. The van der Waals surface area contributed by atoms with E-state index >= 15 is 0 Å². The van der Waals surface area contributed by atoms with E-state index in [0.717, 1.165) is 84.3 Å².